The molecule has 1 amide bonds. The molecule has 12 heavy (non-hydrogen) atoms. The van der Waals surface area contributed by atoms with Crippen LogP contribution >= 0.6 is 0 Å². The summed E-state index contributed by atoms with van der Waals surface area (Å²) in [4.78, 5) is 12.8. The molecular formula is C8H13N3O. The number of hydrazone groups is 1. The maximum atomic E-state index is 11.2. The summed E-state index contributed by atoms with van der Waals surface area (Å²) in [5.41, 5.74) is 0. The summed E-state index contributed by atoms with van der Waals surface area (Å²) in [5.74, 6) is 0.934. The van der Waals surface area contributed by atoms with Crippen molar-refractivity contribution in [3.8, 4) is 0 Å². The summed E-state index contributed by atoms with van der Waals surface area (Å²) in [7, 11) is 1.75. The van der Waals surface area contributed by atoms with Gasteiger partial charge in [-0.3, -0.25) is 4.79 Å². The fraction of sp³-hybridized carbons (Fsp3) is 0.500. The molecule has 1 heterocycles. The lowest BCUT2D eigenvalue weighted by atomic mass is 10.3. The Morgan fingerprint density at radius 3 is 2.83 bits per heavy atom. The van der Waals surface area contributed by atoms with Gasteiger partial charge in [-0.1, -0.05) is 0 Å². The third-order valence-electron chi connectivity index (χ3n) is 1.95. The van der Waals surface area contributed by atoms with Crippen molar-refractivity contribution >= 4 is 12.6 Å². The standard InChI is InChI=1S/C8H13N3O/c1-4-7-10(3)8(12)5-6-11(7)9-2/h4H,2,5-6H2,1,3H3/b7-4-. The van der Waals surface area contributed by atoms with Gasteiger partial charge >= 0.3 is 0 Å². The van der Waals surface area contributed by atoms with Crippen LogP contribution in [0.5, 0.6) is 0 Å². The predicted molar refractivity (Wildman–Crippen MR) is 47.4 cm³/mol. The lowest BCUT2D eigenvalue weighted by Gasteiger charge is -2.33. The molecule has 0 unspecified atom stereocenters. The van der Waals surface area contributed by atoms with Crippen molar-refractivity contribution in [2.45, 2.75) is 13.3 Å². The lowest BCUT2D eigenvalue weighted by Crippen LogP contribution is -2.41. The van der Waals surface area contributed by atoms with E-state index in [0.29, 0.717) is 13.0 Å². The van der Waals surface area contributed by atoms with Crippen LogP contribution in [0.1, 0.15) is 13.3 Å². The molecule has 0 aliphatic carbocycles. The second-order valence-electron chi connectivity index (χ2n) is 2.61. The Bertz CT molecular complexity index is 230. The van der Waals surface area contributed by atoms with E-state index in [0.717, 1.165) is 5.82 Å². The van der Waals surface area contributed by atoms with Crippen LogP contribution in [-0.2, 0) is 4.79 Å². The van der Waals surface area contributed by atoms with E-state index in [4.69, 9.17) is 0 Å². The smallest absolute Gasteiger partial charge is 0.229 e. The van der Waals surface area contributed by atoms with Crippen molar-refractivity contribution in [2.75, 3.05) is 13.6 Å². The number of carbonyl (C=O) groups is 1. The molecule has 66 valence electrons. The number of amides is 1. The van der Waals surface area contributed by atoms with Gasteiger partial charge in [-0.05, 0) is 13.0 Å². The Hall–Kier alpha value is -1.32. The molecule has 4 heteroatoms. The number of hydrogen-bond acceptors (Lipinski definition) is 3. The van der Waals surface area contributed by atoms with Gasteiger partial charge < -0.3 is 4.90 Å². The van der Waals surface area contributed by atoms with E-state index in [2.05, 4.69) is 11.8 Å². The molecule has 1 fully saturated rings. The highest BCUT2D eigenvalue weighted by Crippen LogP contribution is 2.16. The molecule has 0 atom stereocenters. The van der Waals surface area contributed by atoms with Crippen molar-refractivity contribution in [3.05, 3.63) is 11.9 Å². The average molecular weight is 167 g/mol. The monoisotopic (exact) mass is 167 g/mol. The third kappa shape index (κ3) is 1.32. The summed E-state index contributed by atoms with van der Waals surface area (Å²) in [5, 5.41) is 5.53. The van der Waals surface area contributed by atoms with Crippen molar-refractivity contribution in [1.29, 1.82) is 0 Å². The van der Waals surface area contributed by atoms with E-state index in [1.54, 1.807) is 17.0 Å². The molecule has 0 spiro atoms. The minimum Gasteiger partial charge on any atom is -0.300 e. The van der Waals surface area contributed by atoms with Gasteiger partial charge in [0.1, 0.15) is 5.82 Å². The first-order valence-corrected chi connectivity index (χ1v) is 3.87. The highest BCUT2D eigenvalue weighted by Gasteiger charge is 2.23. The first-order chi connectivity index (χ1) is 5.70. The van der Waals surface area contributed by atoms with Crippen molar-refractivity contribution in [3.63, 3.8) is 0 Å². The van der Waals surface area contributed by atoms with Gasteiger partial charge in [0.25, 0.3) is 0 Å². The van der Waals surface area contributed by atoms with Crippen LogP contribution in [0, 0.1) is 0 Å². The van der Waals surface area contributed by atoms with E-state index in [1.807, 2.05) is 13.0 Å². The van der Waals surface area contributed by atoms with Crippen LogP contribution in [0.15, 0.2) is 17.0 Å². The molecule has 0 bridgehead atoms. The van der Waals surface area contributed by atoms with E-state index in [-0.39, 0.29) is 5.91 Å². The normalized spacial score (nSPS) is 21.8. The van der Waals surface area contributed by atoms with Crippen LogP contribution in [0.4, 0.5) is 0 Å². The van der Waals surface area contributed by atoms with Gasteiger partial charge in [0.15, 0.2) is 0 Å². The molecule has 0 aromatic rings. The quantitative estimate of drug-likeness (QED) is 0.537. The van der Waals surface area contributed by atoms with Crippen LogP contribution in [0.25, 0.3) is 0 Å². The summed E-state index contributed by atoms with van der Waals surface area (Å²) in [6.07, 6.45) is 2.36. The molecule has 0 radical (unpaired) electrons. The summed E-state index contributed by atoms with van der Waals surface area (Å²) in [6.45, 7) is 5.95. The highest BCUT2D eigenvalue weighted by atomic mass is 16.2. The van der Waals surface area contributed by atoms with Crippen molar-refractivity contribution in [2.24, 2.45) is 5.10 Å². The minimum atomic E-state index is 0.128. The zero-order valence-corrected chi connectivity index (χ0v) is 7.45. The van der Waals surface area contributed by atoms with Crippen LogP contribution < -0.4 is 0 Å². The fourth-order valence-corrected chi connectivity index (χ4v) is 1.27. The minimum absolute atomic E-state index is 0.128. The van der Waals surface area contributed by atoms with Crippen molar-refractivity contribution < 1.29 is 4.79 Å². The van der Waals surface area contributed by atoms with Gasteiger partial charge in [-0.2, -0.15) is 5.10 Å². The first kappa shape index (κ1) is 8.77. The lowest BCUT2D eigenvalue weighted by molar-refractivity contribution is -0.132. The molecular weight excluding hydrogens is 154 g/mol. The summed E-state index contributed by atoms with van der Waals surface area (Å²) < 4.78 is 0. The van der Waals surface area contributed by atoms with E-state index >= 15 is 0 Å². The van der Waals surface area contributed by atoms with Gasteiger partial charge in [0.05, 0.1) is 6.54 Å². The van der Waals surface area contributed by atoms with Gasteiger partial charge in [-0.15, -0.1) is 0 Å². The van der Waals surface area contributed by atoms with Gasteiger partial charge in [-0.25, -0.2) is 5.01 Å². The molecule has 4 nitrogen and oxygen atoms in total. The van der Waals surface area contributed by atoms with Crippen LogP contribution in [0.2, 0.25) is 0 Å². The Balaban J connectivity index is 2.86. The Kier molecular flexibility index (Phi) is 2.47. The Morgan fingerprint density at radius 2 is 2.33 bits per heavy atom. The third-order valence-corrected chi connectivity index (χ3v) is 1.95. The second-order valence-corrected chi connectivity index (χ2v) is 2.61. The van der Waals surface area contributed by atoms with Crippen LogP contribution in [0.3, 0.4) is 0 Å². The maximum Gasteiger partial charge on any atom is 0.229 e. The molecule has 0 aromatic carbocycles. The largest absolute Gasteiger partial charge is 0.300 e. The topological polar surface area (TPSA) is 35.9 Å². The fourth-order valence-electron chi connectivity index (χ4n) is 1.27. The Morgan fingerprint density at radius 1 is 1.67 bits per heavy atom. The Labute approximate surface area is 72.1 Å². The van der Waals surface area contributed by atoms with E-state index in [9.17, 15) is 4.79 Å². The highest BCUT2D eigenvalue weighted by molar-refractivity contribution is 5.78. The molecule has 1 saturated heterocycles. The predicted octanol–water partition coefficient (Wildman–Crippen LogP) is 0.627. The number of nitrogens with zero attached hydrogens (tertiary/aromatic N) is 3. The van der Waals surface area contributed by atoms with Gasteiger partial charge in [0, 0.05) is 20.2 Å². The summed E-state index contributed by atoms with van der Waals surface area (Å²) in [6, 6.07) is 0. The molecule has 0 aromatic heterocycles. The second kappa shape index (κ2) is 3.38. The molecule has 1 aliphatic rings. The van der Waals surface area contributed by atoms with Crippen molar-refractivity contribution in [1.82, 2.24) is 9.91 Å². The first-order valence-electron chi connectivity index (χ1n) is 3.87. The van der Waals surface area contributed by atoms with Crippen LogP contribution in [-0.4, -0.2) is 36.1 Å². The van der Waals surface area contributed by atoms with E-state index < -0.39 is 0 Å². The summed E-state index contributed by atoms with van der Waals surface area (Å²) >= 11 is 0. The number of rotatable bonds is 1. The van der Waals surface area contributed by atoms with Gasteiger partial charge in [0.2, 0.25) is 5.91 Å². The molecule has 0 saturated carbocycles. The number of allylic oxidation sites excluding steroid dienone is 1. The molecule has 0 N–H and O–H groups in total. The zero-order chi connectivity index (χ0) is 9.14. The SMILES string of the molecule is C=NN1CCC(=O)N(C)/C1=C/C. The number of carbonyl (C=O) groups excluding carboxylic acids is 1. The molecule has 1 aliphatic heterocycles. The van der Waals surface area contributed by atoms with E-state index in [1.165, 1.54) is 0 Å². The number of hydrogen-bond donors (Lipinski definition) is 0. The zero-order valence-electron chi connectivity index (χ0n) is 7.45. The molecule has 1 rings (SSSR count). The average Bonchev–Trinajstić information content (AvgIpc) is 2.09. The maximum absolute atomic E-state index is 11.2.